The van der Waals surface area contributed by atoms with Crippen molar-refractivity contribution >= 4 is 21.8 Å². The van der Waals surface area contributed by atoms with Gasteiger partial charge >= 0.3 is 0 Å². The van der Waals surface area contributed by atoms with Crippen molar-refractivity contribution in [1.82, 2.24) is 5.32 Å². The van der Waals surface area contributed by atoms with Crippen LogP contribution in [0.3, 0.4) is 0 Å². The highest BCUT2D eigenvalue weighted by molar-refractivity contribution is 9.10. The number of hydrogen-bond donors (Lipinski definition) is 2. The molecule has 23 heavy (non-hydrogen) atoms. The van der Waals surface area contributed by atoms with Gasteiger partial charge in [0.1, 0.15) is 5.82 Å². The smallest absolute Gasteiger partial charge is 0.251 e. The van der Waals surface area contributed by atoms with Crippen LogP contribution in [0, 0.1) is 5.82 Å². The van der Waals surface area contributed by atoms with Crippen molar-refractivity contribution in [3.8, 4) is 0 Å². The second-order valence-electron chi connectivity index (χ2n) is 5.76. The van der Waals surface area contributed by atoms with Gasteiger partial charge in [-0.1, -0.05) is 22.0 Å². The fraction of sp³-hybridized carbons (Fsp3) is 0.278. The lowest BCUT2D eigenvalue weighted by molar-refractivity contribution is 0.0817. The summed E-state index contributed by atoms with van der Waals surface area (Å²) >= 11 is 3.45. The summed E-state index contributed by atoms with van der Waals surface area (Å²) in [5.74, 6) is -0.702. The van der Waals surface area contributed by atoms with Crippen LogP contribution in [0.5, 0.6) is 0 Å². The normalized spacial score (nSPS) is 20.5. The third kappa shape index (κ3) is 3.62. The van der Waals surface area contributed by atoms with Gasteiger partial charge in [0.05, 0.1) is 12.1 Å². The van der Waals surface area contributed by atoms with Gasteiger partial charge in [0.15, 0.2) is 0 Å². The Morgan fingerprint density at radius 3 is 2.70 bits per heavy atom. The van der Waals surface area contributed by atoms with E-state index in [1.807, 2.05) is 18.2 Å². The van der Waals surface area contributed by atoms with E-state index in [2.05, 4.69) is 21.2 Å². The molecular weight excluding hydrogens is 361 g/mol. The molecule has 120 valence electrons. The molecule has 2 unspecified atom stereocenters. The van der Waals surface area contributed by atoms with Gasteiger partial charge in [-0.15, -0.1) is 0 Å². The van der Waals surface area contributed by atoms with Crippen molar-refractivity contribution in [3.63, 3.8) is 0 Å². The molecule has 2 aromatic carbocycles. The molecule has 2 atom stereocenters. The minimum atomic E-state index is -0.644. The Labute approximate surface area is 142 Å². The number of carbonyl (C=O) groups excluding carboxylic acids is 1. The molecule has 0 saturated carbocycles. The Morgan fingerprint density at radius 2 is 1.96 bits per heavy atom. The molecule has 0 aromatic heterocycles. The monoisotopic (exact) mass is 377 g/mol. The molecule has 0 saturated heterocycles. The van der Waals surface area contributed by atoms with Crippen molar-refractivity contribution in [3.05, 3.63) is 69.4 Å². The lowest BCUT2D eigenvalue weighted by Crippen LogP contribution is -2.36. The van der Waals surface area contributed by atoms with Crippen molar-refractivity contribution in [2.45, 2.75) is 31.4 Å². The zero-order valence-corrected chi connectivity index (χ0v) is 14.0. The average Bonchev–Trinajstić information content (AvgIpc) is 2.68. The van der Waals surface area contributed by atoms with Crippen LogP contribution >= 0.6 is 15.9 Å². The van der Waals surface area contributed by atoms with E-state index in [1.165, 1.54) is 24.3 Å². The van der Waals surface area contributed by atoms with Gasteiger partial charge in [-0.2, -0.15) is 0 Å². The molecule has 2 aromatic rings. The van der Waals surface area contributed by atoms with Crippen molar-refractivity contribution < 1.29 is 14.3 Å². The maximum atomic E-state index is 13.0. The molecule has 1 aliphatic rings. The van der Waals surface area contributed by atoms with E-state index in [4.69, 9.17) is 0 Å². The highest BCUT2D eigenvalue weighted by Gasteiger charge is 2.28. The zero-order valence-electron chi connectivity index (χ0n) is 12.4. The standard InChI is InChI=1S/C18H17BrFNO2/c19-13-7-4-11-2-1-3-16(22)17(15(11)10-13)21-18(23)12-5-8-14(20)9-6-12/h4-10,16-17,22H,1-3H2,(H,21,23). The predicted molar refractivity (Wildman–Crippen MR) is 89.7 cm³/mol. The third-order valence-corrected chi connectivity index (χ3v) is 4.66. The molecule has 3 nitrogen and oxygen atoms in total. The highest BCUT2D eigenvalue weighted by atomic mass is 79.9. The zero-order chi connectivity index (χ0) is 16.4. The Kier molecular flexibility index (Phi) is 4.78. The SMILES string of the molecule is O=C(NC1c2cc(Br)ccc2CCCC1O)c1ccc(F)cc1. The topological polar surface area (TPSA) is 49.3 Å². The van der Waals surface area contributed by atoms with E-state index in [1.54, 1.807) is 0 Å². The number of carbonyl (C=O) groups is 1. The number of aliphatic hydroxyl groups is 1. The van der Waals surface area contributed by atoms with Crippen LogP contribution in [0.25, 0.3) is 0 Å². The Hall–Kier alpha value is -1.72. The van der Waals surface area contributed by atoms with Crippen molar-refractivity contribution in [2.75, 3.05) is 0 Å². The van der Waals surface area contributed by atoms with Gasteiger partial charge in [-0.25, -0.2) is 4.39 Å². The van der Waals surface area contributed by atoms with Crippen molar-refractivity contribution in [2.24, 2.45) is 0 Å². The first-order chi connectivity index (χ1) is 11.0. The van der Waals surface area contributed by atoms with Gasteiger partial charge in [-0.05, 0) is 66.8 Å². The molecular formula is C18H17BrFNO2. The van der Waals surface area contributed by atoms with Crippen LogP contribution in [0.2, 0.25) is 0 Å². The number of benzene rings is 2. The van der Waals surface area contributed by atoms with E-state index in [9.17, 15) is 14.3 Å². The van der Waals surface area contributed by atoms with E-state index in [0.717, 1.165) is 28.4 Å². The molecule has 5 heteroatoms. The summed E-state index contributed by atoms with van der Waals surface area (Å²) in [7, 11) is 0. The second kappa shape index (κ2) is 6.81. The minimum Gasteiger partial charge on any atom is -0.391 e. The maximum absolute atomic E-state index is 13.0. The summed E-state index contributed by atoms with van der Waals surface area (Å²) in [6, 6.07) is 10.9. The van der Waals surface area contributed by atoms with Crippen LogP contribution in [0.15, 0.2) is 46.9 Å². The van der Waals surface area contributed by atoms with E-state index >= 15 is 0 Å². The van der Waals surface area contributed by atoms with E-state index < -0.39 is 12.1 Å². The van der Waals surface area contributed by atoms with Crippen LogP contribution in [0.4, 0.5) is 4.39 Å². The molecule has 0 spiro atoms. The lowest BCUT2D eigenvalue weighted by atomic mass is 9.97. The molecule has 0 fully saturated rings. The lowest BCUT2D eigenvalue weighted by Gasteiger charge is -2.24. The van der Waals surface area contributed by atoms with Gasteiger partial charge in [0.25, 0.3) is 5.91 Å². The third-order valence-electron chi connectivity index (χ3n) is 4.17. The molecule has 0 radical (unpaired) electrons. The first-order valence-electron chi connectivity index (χ1n) is 7.57. The Balaban J connectivity index is 1.89. The highest BCUT2D eigenvalue weighted by Crippen LogP contribution is 2.31. The summed E-state index contributed by atoms with van der Waals surface area (Å²) in [4.78, 5) is 12.4. The summed E-state index contributed by atoms with van der Waals surface area (Å²) in [6.07, 6.45) is 1.73. The number of hydrogen-bond acceptors (Lipinski definition) is 2. The fourth-order valence-electron chi connectivity index (χ4n) is 2.96. The first-order valence-corrected chi connectivity index (χ1v) is 8.37. The Bertz CT molecular complexity index is 717. The van der Waals surface area contributed by atoms with Crippen LogP contribution in [-0.2, 0) is 6.42 Å². The average molecular weight is 378 g/mol. The Morgan fingerprint density at radius 1 is 1.22 bits per heavy atom. The van der Waals surface area contributed by atoms with Crippen LogP contribution in [-0.4, -0.2) is 17.1 Å². The molecule has 0 bridgehead atoms. The molecule has 1 amide bonds. The van der Waals surface area contributed by atoms with E-state index in [-0.39, 0.29) is 11.7 Å². The first kappa shape index (κ1) is 16.1. The molecule has 0 aliphatic heterocycles. The van der Waals surface area contributed by atoms with Gasteiger partial charge in [0.2, 0.25) is 0 Å². The summed E-state index contributed by atoms with van der Waals surface area (Å²) in [5, 5.41) is 13.3. The number of halogens is 2. The van der Waals surface area contributed by atoms with Crippen molar-refractivity contribution in [1.29, 1.82) is 0 Å². The predicted octanol–water partition coefficient (Wildman–Crippen LogP) is 3.76. The second-order valence-corrected chi connectivity index (χ2v) is 6.68. The quantitative estimate of drug-likeness (QED) is 0.782. The van der Waals surface area contributed by atoms with Crippen LogP contribution in [0.1, 0.15) is 40.4 Å². The van der Waals surface area contributed by atoms with E-state index in [0.29, 0.717) is 12.0 Å². The maximum Gasteiger partial charge on any atom is 0.251 e. The largest absolute Gasteiger partial charge is 0.391 e. The number of nitrogens with one attached hydrogen (secondary N) is 1. The summed E-state index contributed by atoms with van der Waals surface area (Å²) in [5.41, 5.74) is 2.44. The summed E-state index contributed by atoms with van der Waals surface area (Å²) < 4.78 is 13.9. The number of rotatable bonds is 2. The van der Waals surface area contributed by atoms with Crippen LogP contribution < -0.4 is 5.32 Å². The number of amides is 1. The van der Waals surface area contributed by atoms with Gasteiger partial charge in [0, 0.05) is 10.0 Å². The number of aliphatic hydroxyl groups excluding tert-OH is 1. The number of fused-ring (bicyclic) bond motifs is 1. The summed E-state index contributed by atoms with van der Waals surface area (Å²) in [6.45, 7) is 0. The molecule has 1 aliphatic carbocycles. The number of aryl methyl sites for hydroxylation is 1. The van der Waals surface area contributed by atoms with Gasteiger partial charge < -0.3 is 10.4 Å². The molecule has 3 rings (SSSR count). The molecule has 2 N–H and O–H groups in total. The van der Waals surface area contributed by atoms with Gasteiger partial charge in [-0.3, -0.25) is 4.79 Å². The fourth-order valence-corrected chi connectivity index (χ4v) is 3.34. The minimum absolute atomic E-state index is 0.318. The molecule has 0 heterocycles.